The van der Waals surface area contributed by atoms with Gasteiger partial charge in [-0.15, -0.1) is 0 Å². The Labute approximate surface area is 241 Å². The number of halogens is 1. The normalized spacial score (nSPS) is 10.8. The zero-order valence-corrected chi connectivity index (χ0v) is 23.8. The highest BCUT2D eigenvalue weighted by Crippen LogP contribution is 2.23. The predicted molar refractivity (Wildman–Crippen MR) is 158 cm³/mol. The van der Waals surface area contributed by atoms with E-state index in [4.69, 9.17) is 14.2 Å². The quantitative estimate of drug-likeness (QED) is 0.0858. The Morgan fingerprint density at radius 2 is 1.50 bits per heavy atom. The van der Waals surface area contributed by atoms with Crippen LogP contribution in [-0.2, 0) is 6.61 Å². The van der Waals surface area contributed by atoms with E-state index in [0.717, 1.165) is 16.5 Å². The van der Waals surface area contributed by atoms with Gasteiger partial charge in [0.2, 0.25) is 0 Å². The van der Waals surface area contributed by atoms with Gasteiger partial charge in [-0.25, -0.2) is 10.2 Å². The molecule has 1 N–H and O–H groups in total. The molecule has 204 valence electrons. The predicted octanol–water partition coefficient (Wildman–Crippen LogP) is 7.11. The van der Waals surface area contributed by atoms with E-state index in [1.54, 1.807) is 66.7 Å². The number of hydrogen-bond donors (Lipinski definition) is 1. The van der Waals surface area contributed by atoms with Gasteiger partial charge in [0.15, 0.2) is 0 Å². The van der Waals surface area contributed by atoms with Gasteiger partial charge >= 0.3 is 5.97 Å². The Kier molecular flexibility index (Phi) is 10.1. The SMILES string of the molecule is CCCOc1ccc(C(=O)Oc2ccc(Br)cc2/C=N\NC(=O)c2ccc(OCc3ccc(C)cc3)cc2)cc1. The molecule has 4 aromatic carbocycles. The van der Waals surface area contributed by atoms with Crippen molar-refractivity contribution in [2.24, 2.45) is 5.10 Å². The first-order chi connectivity index (χ1) is 19.4. The number of amides is 1. The van der Waals surface area contributed by atoms with Crippen molar-refractivity contribution in [3.8, 4) is 17.2 Å². The fourth-order valence-corrected chi connectivity index (χ4v) is 3.94. The summed E-state index contributed by atoms with van der Waals surface area (Å²) >= 11 is 3.42. The molecule has 0 aliphatic rings. The number of esters is 1. The molecule has 0 fully saturated rings. The van der Waals surface area contributed by atoms with Crippen molar-refractivity contribution in [3.63, 3.8) is 0 Å². The third-order valence-corrected chi connectivity index (χ3v) is 6.24. The van der Waals surface area contributed by atoms with E-state index in [2.05, 4.69) is 26.5 Å². The summed E-state index contributed by atoms with van der Waals surface area (Å²) < 4.78 is 17.7. The Morgan fingerprint density at radius 1 is 0.850 bits per heavy atom. The van der Waals surface area contributed by atoms with E-state index in [0.29, 0.717) is 47.2 Å². The zero-order chi connectivity index (χ0) is 28.3. The van der Waals surface area contributed by atoms with Crippen LogP contribution in [0.3, 0.4) is 0 Å². The first-order valence-corrected chi connectivity index (χ1v) is 13.6. The maximum Gasteiger partial charge on any atom is 0.343 e. The zero-order valence-electron chi connectivity index (χ0n) is 22.2. The smallest absolute Gasteiger partial charge is 0.343 e. The molecule has 0 saturated carbocycles. The van der Waals surface area contributed by atoms with Crippen molar-refractivity contribution < 1.29 is 23.8 Å². The molecule has 4 aromatic rings. The number of nitrogens with one attached hydrogen (secondary N) is 1. The van der Waals surface area contributed by atoms with Gasteiger partial charge in [-0.1, -0.05) is 52.7 Å². The molecule has 8 heteroatoms. The molecule has 7 nitrogen and oxygen atoms in total. The average Bonchev–Trinajstić information content (AvgIpc) is 2.97. The van der Waals surface area contributed by atoms with Crippen LogP contribution < -0.4 is 19.6 Å². The van der Waals surface area contributed by atoms with E-state index < -0.39 is 5.97 Å². The summed E-state index contributed by atoms with van der Waals surface area (Å²) in [6.07, 6.45) is 2.32. The molecule has 0 bridgehead atoms. The Bertz CT molecular complexity index is 1470. The largest absolute Gasteiger partial charge is 0.494 e. The highest BCUT2D eigenvalue weighted by atomic mass is 79.9. The van der Waals surface area contributed by atoms with Crippen molar-refractivity contribution in [2.45, 2.75) is 26.9 Å². The molecule has 0 aliphatic heterocycles. The summed E-state index contributed by atoms with van der Waals surface area (Å²) in [7, 11) is 0. The topological polar surface area (TPSA) is 86.2 Å². The third kappa shape index (κ3) is 8.28. The number of ether oxygens (including phenoxy) is 3. The first kappa shape index (κ1) is 28.6. The van der Waals surface area contributed by atoms with Crippen LogP contribution in [0.15, 0.2) is 101 Å². The summed E-state index contributed by atoms with van der Waals surface area (Å²) in [6.45, 7) is 5.11. The molecule has 0 saturated heterocycles. The fourth-order valence-electron chi connectivity index (χ4n) is 3.56. The van der Waals surface area contributed by atoms with Gasteiger partial charge in [0.25, 0.3) is 5.91 Å². The number of carbonyl (C=O) groups excluding carboxylic acids is 2. The van der Waals surface area contributed by atoms with Crippen molar-refractivity contribution in [1.82, 2.24) is 5.43 Å². The second kappa shape index (κ2) is 14.1. The number of hydrogen-bond acceptors (Lipinski definition) is 6. The highest BCUT2D eigenvalue weighted by Gasteiger charge is 2.12. The van der Waals surface area contributed by atoms with Gasteiger partial charge < -0.3 is 14.2 Å². The van der Waals surface area contributed by atoms with Crippen LogP contribution in [0, 0.1) is 6.92 Å². The van der Waals surface area contributed by atoms with Crippen molar-refractivity contribution in [3.05, 3.63) is 123 Å². The van der Waals surface area contributed by atoms with Crippen LogP contribution in [-0.4, -0.2) is 24.7 Å². The lowest BCUT2D eigenvalue weighted by atomic mass is 10.2. The van der Waals surface area contributed by atoms with Crippen LogP contribution >= 0.6 is 15.9 Å². The maximum absolute atomic E-state index is 12.7. The van der Waals surface area contributed by atoms with Gasteiger partial charge in [-0.05, 0) is 85.6 Å². The summed E-state index contributed by atoms with van der Waals surface area (Å²) in [5.41, 5.74) is 6.07. The Morgan fingerprint density at radius 3 is 2.17 bits per heavy atom. The lowest BCUT2D eigenvalue weighted by Gasteiger charge is -2.09. The highest BCUT2D eigenvalue weighted by molar-refractivity contribution is 9.10. The minimum Gasteiger partial charge on any atom is -0.494 e. The van der Waals surface area contributed by atoms with Gasteiger partial charge in [-0.2, -0.15) is 5.10 Å². The first-order valence-electron chi connectivity index (χ1n) is 12.8. The lowest BCUT2D eigenvalue weighted by molar-refractivity contribution is 0.0734. The molecular weight excluding hydrogens is 572 g/mol. The van der Waals surface area contributed by atoms with E-state index in [1.165, 1.54) is 11.8 Å². The third-order valence-electron chi connectivity index (χ3n) is 5.75. The van der Waals surface area contributed by atoms with E-state index >= 15 is 0 Å². The maximum atomic E-state index is 12.7. The number of rotatable bonds is 11. The monoisotopic (exact) mass is 600 g/mol. The number of benzene rings is 4. The number of hydrazone groups is 1. The van der Waals surface area contributed by atoms with Crippen LogP contribution in [0.25, 0.3) is 0 Å². The average molecular weight is 601 g/mol. The molecule has 0 aromatic heterocycles. The summed E-state index contributed by atoms with van der Waals surface area (Å²) in [5, 5.41) is 4.06. The second-order valence-corrected chi connectivity index (χ2v) is 9.86. The minimum absolute atomic E-state index is 0.299. The molecule has 0 aliphatic carbocycles. The molecule has 40 heavy (non-hydrogen) atoms. The van der Waals surface area contributed by atoms with E-state index in [9.17, 15) is 9.59 Å². The van der Waals surface area contributed by atoms with Gasteiger partial charge in [0.1, 0.15) is 23.9 Å². The molecule has 1 amide bonds. The summed E-state index contributed by atoms with van der Waals surface area (Å²) in [4.78, 5) is 25.3. The van der Waals surface area contributed by atoms with Crippen molar-refractivity contribution in [2.75, 3.05) is 6.61 Å². The Balaban J connectivity index is 1.34. The second-order valence-electron chi connectivity index (χ2n) is 8.94. The molecule has 0 unspecified atom stereocenters. The lowest BCUT2D eigenvalue weighted by Crippen LogP contribution is -2.17. The summed E-state index contributed by atoms with van der Waals surface area (Å²) in [6, 6.07) is 26.8. The van der Waals surface area contributed by atoms with E-state index in [-0.39, 0.29) is 5.91 Å². The molecule has 0 heterocycles. The van der Waals surface area contributed by atoms with E-state index in [1.807, 2.05) is 38.1 Å². The van der Waals surface area contributed by atoms with Crippen molar-refractivity contribution in [1.29, 1.82) is 0 Å². The van der Waals surface area contributed by atoms with Gasteiger partial charge in [0, 0.05) is 15.6 Å². The van der Waals surface area contributed by atoms with Crippen LogP contribution in [0.4, 0.5) is 0 Å². The molecular formula is C32H29BrN2O5. The Hall–Kier alpha value is -4.43. The van der Waals surface area contributed by atoms with Crippen LogP contribution in [0.2, 0.25) is 0 Å². The fraction of sp³-hybridized carbons (Fsp3) is 0.156. The summed E-state index contributed by atoms with van der Waals surface area (Å²) in [5.74, 6) is 0.736. The number of aryl methyl sites for hydroxylation is 1. The number of nitrogens with zero attached hydrogens (tertiary/aromatic N) is 1. The van der Waals surface area contributed by atoms with Gasteiger partial charge in [0.05, 0.1) is 18.4 Å². The molecule has 0 atom stereocenters. The van der Waals surface area contributed by atoms with Gasteiger partial charge in [-0.3, -0.25) is 4.79 Å². The number of carbonyl (C=O) groups is 2. The standard InChI is InChI=1S/C32H29BrN2O5/c1-3-18-38-28-15-10-25(11-16-28)32(37)40-30-17-12-27(33)19-26(30)20-34-35-31(36)24-8-13-29(14-9-24)39-21-23-6-4-22(2)5-7-23/h4-17,19-20H,3,18,21H2,1-2H3,(H,35,36)/b34-20-. The van der Waals surface area contributed by atoms with Crippen LogP contribution in [0.1, 0.15) is 50.8 Å². The van der Waals surface area contributed by atoms with Crippen LogP contribution in [0.5, 0.6) is 17.2 Å². The molecule has 0 spiro atoms. The van der Waals surface area contributed by atoms with Crippen molar-refractivity contribution >= 4 is 34.0 Å². The minimum atomic E-state index is -0.521. The molecule has 4 rings (SSSR count). The molecule has 0 radical (unpaired) electrons.